The number of likely N-dealkylation sites (tertiary alicyclic amines) is 1. The lowest BCUT2D eigenvalue weighted by Gasteiger charge is -2.28. The second-order valence-corrected chi connectivity index (χ2v) is 5.57. The first-order valence-electron chi connectivity index (χ1n) is 7.65. The summed E-state index contributed by atoms with van der Waals surface area (Å²) in [6.45, 7) is 3.49. The molecule has 1 aromatic rings. The van der Waals surface area contributed by atoms with E-state index in [9.17, 15) is 9.59 Å². The highest BCUT2D eigenvalue weighted by Crippen LogP contribution is 2.31. The van der Waals surface area contributed by atoms with Crippen LogP contribution in [0.4, 0.5) is 5.69 Å². The standard InChI is InChI=1S/C16H20N2O4/c19-15(21-10-9-17-7-3-4-8-17)11-18-12-16(20)22-14-6-2-1-5-13(14)18/h1-2,5-6H,3-4,7-12H2. The zero-order valence-corrected chi connectivity index (χ0v) is 12.5. The molecule has 3 rings (SSSR count). The first-order chi connectivity index (χ1) is 10.7. The van der Waals surface area contributed by atoms with Crippen molar-refractivity contribution in [2.45, 2.75) is 12.8 Å². The molecule has 0 saturated carbocycles. The molecule has 0 N–H and O–H groups in total. The van der Waals surface area contributed by atoms with Gasteiger partial charge in [0, 0.05) is 6.54 Å². The normalized spacial score (nSPS) is 18.0. The summed E-state index contributed by atoms with van der Waals surface area (Å²) >= 11 is 0. The SMILES string of the molecule is O=C(CN1CC(=O)Oc2ccccc21)OCCN1CCCC1. The highest BCUT2D eigenvalue weighted by molar-refractivity contribution is 5.87. The van der Waals surface area contributed by atoms with E-state index in [2.05, 4.69) is 4.90 Å². The summed E-state index contributed by atoms with van der Waals surface area (Å²) in [5.74, 6) is -0.184. The third-order valence-corrected chi connectivity index (χ3v) is 3.94. The predicted octanol–water partition coefficient (Wildman–Crippen LogP) is 1.05. The molecule has 0 atom stereocenters. The fourth-order valence-electron chi connectivity index (χ4n) is 2.84. The number of carbonyl (C=O) groups excluding carboxylic acids is 2. The molecular weight excluding hydrogens is 284 g/mol. The number of esters is 2. The van der Waals surface area contributed by atoms with Gasteiger partial charge in [-0.25, -0.2) is 4.79 Å². The van der Waals surface area contributed by atoms with Crippen LogP contribution in [0.25, 0.3) is 0 Å². The fourth-order valence-corrected chi connectivity index (χ4v) is 2.84. The van der Waals surface area contributed by atoms with Gasteiger partial charge in [0.1, 0.15) is 19.7 Å². The number of hydrogen-bond donors (Lipinski definition) is 0. The van der Waals surface area contributed by atoms with Crippen LogP contribution in [0, 0.1) is 0 Å². The lowest BCUT2D eigenvalue weighted by molar-refractivity contribution is -0.142. The Hall–Kier alpha value is -2.08. The lowest BCUT2D eigenvalue weighted by Crippen LogP contribution is -2.40. The number of carbonyl (C=O) groups is 2. The number of hydrogen-bond acceptors (Lipinski definition) is 6. The maximum Gasteiger partial charge on any atom is 0.331 e. The van der Waals surface area contributed by atoms with Gasteiger partial charge in [-0.1, -0.05) is 12.1 Å². The van der Waals surface area contributed by atoms with Gasteiger partial charge >= 0.3 is 11.9 Å². The Labute approximate surface area is 129 Å². The van der Waals surface area contributed by atoms with Crippen molar-refractivity contribution < 1.29 is 19.1 Å². The summed E-state index contributed by atoms with van der Waals surface area (Å²) < 4.78 is 10.4. The van der Waals surface area contributed by atoms with E-state index in [1.54, 1.807) is 17.0 Å². The monoisotopic (exact) mass is 304 g/mol. The van der Waals surface area contributed by atoms with Crippen LogP contribution < -0.4 is 9.64 Å². The number of benzene rings is 1. The van der Waals surface area contributed by atoms with Crippen LogP contribution in [0.5, 0.6) is 5.75 Å². The molecule has 1 saturated heterocycles. The molecular formula is C16H20N2O4. The molecule has 2 aliphatic rings. The Balaban J connectivity index is 1.51. The Morgan fingerprint density at radius 3 is 2.82 bits per heavy atom. The highest BCUT2D eigenvalue weighted by atomic mass is 16.5. The van der Waals surface area contributed by atoms with Crippen LogP contribution in [0.1, 0.15) is 12.8 Å². The van der Waals surface area contributed by atoms with Crippen molar-refractivity contribution in [2.24, 2.45) is 0 Å². The van der Waals surface area contributed by atoms with E-state index in [1.165, 1.54) is 12.8 Å². The molecule has 0 amide bonds. The highest BCUT2D eigenvalue weighted by Gasteiger charge is 2.25. The van der Waals surface area contributed by atoms with Gasteiger partial charge in [-0.15, -0.1) is 0 Å². The molecule has 0 radical (unpaired) electrons. The Morgan fingerprint density at radius 2 is 2.00 bits per heavy atom. The van der Waals surface area contributed by atoms with Crippen molar-refractivity contribution >= 4 is 17.6 Å². The van der Waals surface area contributed by atoms with Crippen LogP contribution in [-0.2, 0) is 14.3 Å². The molecule has 22 heavy (non-hydrogen) atoms. The molecule has 2 heterocycles. The quantitative estimate of drug-likeness (QED) is 0.599. The van der Waals surface area contributed by atoms with E-state index in [0.717, 1.165) is 25.3 Å². The van der Waals surface area contributed by atoms with Gasteiger partial charge in [0.05, 0.1) is 5.69 Å². The molecule has 118 valence electrons. The van der Waals surface area contributed by atoms with Crippen molar-refractivity contribution in [2.75, 3.05) is 44.2 Å². The van der Waals surface area contributed by atoms with Gasteiger partial charge in [0.25, 0.3) is 0 Å². The largest absolute Gasteiger partial charge is 0.463 e. The molecule has 2 aliphatic heterocycles. The van der Waals surface area contributed by atoms with Crippen LogP contribution in [0.3, 0.4) is 0 Å². The third-order valence-electron chi connectivity index (χ3n) is 3.94. The molecule has 0 spiro atoms. The number of rotatable bonds is 5. The van der Waals surface area contributed by atoms with Crippen molar-refractivity contribution in [3.63, 3.8) is 0 Å². The number of para-hydroxylation sites is 2. The van der Waals surface area contributed by atoms with Gasteiger partial charge < -0.3 is 14.4 Å². The van der Waals surface area contributed by atoms with Crippen molar-refractivity contribution in [1.29, 1.82) is 0 Å². The van der Waals surface area contributed by atoms with Crippen LogP contribution in [0.2, 0.25) is 0 Å². The average Bonchev–Trinajstić information content (AvgIpc) is 3.00. The summed E-state index contributed by atoms with van der Waals surface area (Å²) in [5, 5.41) is 0. The number of anilines is 1. The maximum atomic E-state index is 12.0. The predicted molar refractivity (Wildman–Crippen MR) is 80.9 cm³/mol. The van der Waals surface area contributed by atoms with Gasteiger partial charge in [-0.05, 0) is 38.1 Å². The number of fused-ring (bicyclic) bond motifs is 1. The molecule has 0 aromatic heterocycles. The van der Waals surface area contributed by atoms with Crippen LogP contribution >= 0.6 is 0 Å². The van der Waals surface area contributed by atoms with Crippen LogP contribution in [0.15, 0.2) is 24.3 Å². The molecule has 6 heteroatoms. The van der Waals surface area contributed by atoms with E-state index < -0.39 is 0 Å². The first-order valence-corrected chi connectivity index (χ1v) is 7.65. The third kappa shape index (κ3) is 3.57. The Bertz CT molecular complexity index is 555. The minimum Gasteiger partial charge on any atom is -0.463 e. The second kappa shape index (κ2) is 6.79. The first kappa shape index (κ1) is 14.8. The summed E-state index contributed by atoms with van der Waals surface area (Å²) in [7, 11) is 0. The number of ether oxygens (including phenoxy) is 2. The summed E-state index contributed by atoms with van der Waals surface area (Å²) in [5.41, 5.74) is 0.749. The molecule has 0 unspecified atom stereocenters. The van der Waals surface area contributed by atoms with Gasteiger partial charge in [0.2, 0.25) is 0 Å². The zero-order valence-electron chi connectivity index (χ0n) is 12.5. The molecule has 0 bridgehead atoms. The van der Waals surface area contributed by atoms with E-state index >= 15 is 0 Å². The Kier molecular flexibility index (Phi) is 4.58. The summed E-state index contributed by atoms with van der Waals surface area (Å²) in [4.78, 5) is 27.5. The maximum absolute atomic E-state index is 12.0. The van der Waals surface area contributed by atoms with Gasteiger partial charge in [-0.2, -0.15) is 0 Å². The topological polar surface area (TPSA) is 59.1 Å². The minimum absolute atomic E-state index is 0.0616. The summed E-state index contributed by atoms with van der Waals surface area (Å²) in [6.07, 6.45) is 2.45. The van der Waals surface area contributed by atoms with Gasteiger partial charge in [0.15, 0.2) is 5.75 Å². The van der Waals surface area contributed by atoms with Crippen molar-refractivity contribution in [3.05, 3.63) is 24.3 Å². The summed E-state index contributed by atoms with van der Waals surface area (Å²) in [6, 6.07) is 7.20. The van der Waals surface area contributed by atoms with E-state index in [4.69, 9.17) is 9.47 Å². The van der Waals surface area contributed by atoms with E-state index in [1.807, 2.05) is 12.1 Å². The molecule has 1 fully saturated rings. The van der Waals surface area contributed by atoms with Crippen molar-refractivity contribution in [1.82, 2.24) is 4.90 Å². The van der Waals surface area contributed by atoms with Crippen LogP contribution in [-0.4, -0.2) is 56.2 Å². The Morgan fingerprint density at radius 1 is 1.23 bits per heavy atom. The van der Waals surface area contributed by atoms with E-state index in [0.29, 0.717) is 12.4 Å². The fraction of sp³-hybridized carbons (Fsp3) is 0.500. The van der Waals surface area contributed by atoms with Crippen molar-refractivity contribution in [3.8, 4) is 5.75 Å². The van der Waals surface area contributed by atoms with E-state index in [-0.39, 0.29) is 25.0 Å². The molecule has 1 aromatic carbocycles. The van der Waals surface area contributed by atoms with Gasteiger partial charge in [-0.3, -0.25) is 9.69 Å². The zero-order chi connectivity index (χ0) is 15.4. The second-order valence-electron chi connectivity index (χ2n) is 5.57. The smallest absolute Gasteiger partial charge is 0.331 e. The number of nitrogens with zero attached hydrogens (tertiary/aromatic N) is 2. The molecule has 6 nitrogen and oxygen atoms in total. The molecule has 0 aliphatic carbocycles. The average molecular weight is 304 g/mol. The minimum atomic E-state index is -0.358. The lowest BCUT2D eigenvalue weighted by atomic mass is 10.2.